The molecule has 3 N–H and O–H groups in total. The molecule has 2 unspecified atom stereocenters. The number of amides is 2. The monoisotopic (exact) mass is 463 g/mol. The van der Waals surface area contributed by atoms with Crippen LogP contribution in [-0.4, -0.2) is 34.1 Å². The predicted molar refractivity (Wildman–Crippen MR) is 123 cm³/mol. The quantitative estimate of drug-likeness (QED) is 0.421. The molecule has 9 nitrogen and oxygen atoms in total. The average molecular weight is 463 g/mol. The molecule has 9 heteroatoms. The van der Waals surface area contributed by atoms with E-state index in [1.807, 2.05) is 30.3 Å². The number of benzene rings is 2. The highest BCUT2D eigenvalue weighted by atomic mass is 16.6. The zero-order chi connectivity index (χ0) is 24.1. The first-order valence-electron chi connectivity index (χ1n) is 11.0. The first-order valence-corrected chi connectivity index (χ1v) is 11.0. The Hall–Kier alpha value is -4.14. The van der Waals surface area contributed by atoms with Crippen LogP contribution in [-0.2, 0) is 9.53 Å². The molecule has 1 aliphatic carbocycles. The molecule has 2 atom stereocenters. The Morgan fingerprint density at radius 3 is 2.47 bits per heavy atom. The van der Waals surface area contributed by atoms with Crippen molar-refractivity contribution in [3.8, 4) is 11.3 Å². The molecule has 0 saturated heterocycles. The third kappa shape index (κ3) is 5.80. The molecule has 3 aromatic rings. The lowest BCUT2D eigenvalue weighted by molar-refractivity contribution is -0.139. The minimum atomic E-state index is -1.04. The largest absolute Gasteiger partial charge is 0.480 e. The predicted octanol–water partition coefficient (Wildman–Crippen LogP) is 4.63. The number of hydrogen-bond donors (Lipinski definition) is 3. The van der Waals surface area contributed by atoms with Gasteiger partial charge in [-0.2, -0.15) is 0 Å². The highest BCUT2D eigenvalue weighted by molar-refractivity contribution is 5.97. The summed E-state index contributed by atoms with van der Waals surface area (Å²) in [5.41, 5.74) is 2.14. The summed E-state index contributed by atoms with van der Waals surface area (Å²) in [7, 11) is 0. The van der Waals surface area contributed by atoms with E-state index in [4.69, 9.17) is 9.15 Å². The van der Waals surface area contributed by atoms with E-state index in [1.165, 1.54) is 6.39 Å². The summed E-state index contributed by atoms with van der Waals surface area (Å²) in [5, 5.41) is 14.5. The normalized spacial score (nSPS) is 14.6. The summed E-state index contributed by atoms with van der Waals surface area (Å²) >= 11 is 0. The molecule has 0 aliphatic heterocycles. The van der Waals surface area contributed by atoms with Crippen molar-refractivity contribution < 1.29 is 28.6 Å². The van der Waals surface area contributed by atoms with Gasteiger partial charge in [0, 0.05) is 11.1 Å². The van der Waals surface area contributed by atoms with E-state index in [-0.39, 0.29) is 5.88 Å². The smallest absolute Gasteiger partial charge is 0.414 e. The van der Waals surface area contributed by atoms with Crippen LogP contribution >= 0.6 is 0 Å². The van der Waals surface area contributed by atoms with Gasteiger partial charge in [-0.25, -0.2) is 14.6 Å². The lowest BCUT2D eigenvalue weighted by Gasteiger charge is -2.14. The fraction of sp³-hybridized carbons (Fsp3) is 0.280. The molecule has 1 fully saturated rings. The number of anilines is 1. The number of carbonyl (C=O) groups is 3. The summed E-state index contributed by atoms with van der Waals surface area (Å²) in [6.07, 6.45) is 2.48. The van der Waals surface area contributed by atoms with Crippen molar-refractivity contribution >= 4 is 23.9 Å². The van der Waals surface area contributed by atoms with E-state index in [1.54, 1.807) is 31.2 Å². The number of carboxylic acids is 1. The van der Waals surface area contributed by atoms with Gasteiger partial charge in [0.15, 0.2) is 6.39 Å². The van der Waals surface area contributed by atoms with Gasteiger partial charge in [0.25, 0.3) is 5.91 Å². The van der Waals surface area contributed by atoms with Crippen molar-refractivity contribution in [2.75, 3.05) is 5.32 Å². The van der Waals surface area contributed by atoms with Gasteiger partial charge >= 0.3 is 12.1 Å². The standard InChI is InChI=1S/C25H25N3O6/c1-15(17-5-3-2-4-6-17)34-25(32)28-23-21(26-14-33-23)18-9-11-19(12-10-18)22(29)27-20(24(30)31)13-16-7-8-16/h2-6,9-12,14-16,20H,7-8,13H2,1H3,(H,27,29)(H,28,32)(H,30,31). The molecule has 0 radical (unpaired) electrons. The SMILES string of the molecule is CC(OC(=O)Nc1ocnc1-c1ccc(C(=O)NC(CC2CC2)C(=O)O)cc1)c1ccccc1. The molecule has 0 spiro atoms. The Morgan fingerprint density at radius 2 is 1.82 bits per heavy atom. The fourth-order valence-electron chi connectivity index (χ4n) is 3.54. The van der Waals surface area contributed by atoms with Crippen LogP contribution in [0.4, 0.5) is 10.7 Å². The van der Waals surface area contributed by atoms with Gasteiger partial charge in [0.2, 0.25) is 5.88 Å². The van der Waals surface area contributed by atoms with Crippen LogP contribution in [0, 0.1) is 5.92 Å². The van der Waals surface area contributed by atoms with E-state index in [2.05, 4.69) is 15.6 Å². The van der Waals surface area contributed by atoms with Gasteiger partial charge in [-0.1, -0.05) is 55.3 Å². The lowest BCUT2D eigenvalue weighted by atomic mass is 10.1. The number of nitrogens with one attached hydrogen (secondary N) is 2. The molecule has 1 aromatic heterocycles. The van der Waals surface area contributed by atoms with Crippen LogP contribution in [0.25, 0.3) is 11.3 Å². The van der Waals surface area contributed by atoms with E-state index >= 15 is 0 Å². The number of carboxylic acid groups (broad SMARTS) is 1. The number of rotatable bonds is 9. The lowest BCUT2D eigenvalue weighted by Crippen LogP contribution is -2.41. The summed E-state index contributed by atoms with van der Waals surface area (Å²) < 4.78 is 10.7. The second kappa shape index (κ2) is 10.2. The number of nitrogens with zero attached hydrogens (tertiary/aromatic N) is 1. The Morgan fingerprint density at radius 1 is 1.12 bits per heavy atom. The molecular weight excluding hydrogens is 438 g/mol. The van der Waals surface area contributed by atoms with Crippen molar-refractivity contribution in [2.45, 2.75) is 38.3 Å². The Bertz CT molecular complexity index is 1150. The number of ether oxygens (including phenoxy) is 1. The third-order valence-electron chi connectivity index (χ3n) is 5.63. The molecular formula is C25H25N3O6. The van der Waals surface area contributed by atoms with E-state index in [0.29, 0.717) is 29.2 Å². The zero-order valence-corrected chi connectivity index (χ0v) is 18.6. The van der Waals surface area contributed by atoms with E-state index in [9.17, 15) is 19.5 Å². The van der Waals surface area contributed by atoms with Gasteiger partial charge in [-0.3, -0.25) is 10.1 Å². The van der Waals surface area contributed by atoms with Crippen LogP contribution in [0.2, 0.25) is 0 Å². The minimum absolute atomic E-state index is 0.109. The Kier molecular flexibility index (Phi) is 6.91. The number of hydrogen-bond acceptors (Lipinski definition) is 6. The second-order valence-electron chi connectivity index (χ2n) is 8.23. The Balaban J connectivity index is 1.39. The summed E-state index contributed by atoms with van der Waals surface area (Å²) in [6, 6.07) is 14.8. The molecule has 2 amide bonds. The first kappa shape index (κ1) is 23.0. The molecule has 1 saturated carbocycles. The first-order chi connectivity index (χ1) is 16.4. The molecule has 0 bridgehead atoms. The van der Waals surface area contributed by atoms with E-state index < -0.39 is 30.1 Å². The fourth-order valence-corrected chi connectivity index (χ4v) is 3.54. The molecule has 1 heterocycles. The van der Waals surface area contributed by atoms with Crippen molar-refractivity contribution in [3.63, 3.8) is 0 Å². The third-order valence-corrected chi connectivity index (χ3v) is 5.63. The zero-order valence-electron chi connectivity index (χ0n) is 18.6. The maximum absolute atomic E-state index is 12.5. The van der Waals surface area contributed by atoms with Crippen molar-refractivity contribution in [2.24, 2.45) is 5.92 Å². The Labute approximate surface area is 196 Å². The van der Waals surface area contributed by atoms with E-state index in [0.717, 1.165) is 18.4 Å². The van der Waals surface area contributed by atoms with Gasteiger partial charge < -0.3 is 19.6 Å². The number of aromatic nitrogens is 1. The maximum atomic E-state index is 12.5. The molecule has 34 heavy (non-hydrogen) atoms. The van der Waals surface area contributed by atoms with Crippen LogP contribution in [0.5, 0.6) is 0 Å². The van der Waals surface area contributed by atoms with Gasteiger partial charge in [-0.15, -0.1) is 0 Å². The average Bonchev–Trinajstić information content (AvgIpc) is 3.54. The molecule has 176 valence electrons. The van der Waals surface area contributed by atoms with Crippen molar-refractivity contribution in [1.29, 1.82) is 0 Å². The molecule has 4 rings (SSSR count). The second-order valence-corrected chi connectivity index (χ2v) is 8.23. The van der Waals surface area contributed by atoms with Crippen LogP contribution in [0.3, 0.4) is 0 Å². The summed E-state index contributed by atoms with van der Waals surface area (Å²) in [4.78, 5) is 40.4. The number of carbonyl (C=O) groups excluding carboxylic acids is 2. The number of aliphatic carboxylic acids is 1. The van der Waals surface area contributed by atoms with Crippen molar-refractivity contribution in [1.82, 2.24) is 10.3 Å². The van der Waals surface area contributed by atoms with Crippen LogP contribution in [0.15, 0.2) is 65.4 Å². The van der Waals surface area contributed by atoms with Gasteiger partial charge in [0.05, 0.1) is 0 Å². The van der Waals surface area contributed by atoms with Gasteiger partial charge in [0.1, 0.15) is 17.8 Å². The number of oxazole rings is 1. The van der Waals surface area contributed by atoms with Crippen LogP contribution in [0.1, 0.15) is 48.2 Å². The van der Waals surface area contributed by atoms with Crippen LogP contribution < -0.4 is 10.6 Å². The van der Waals surface area contributed by atoms with Crippen molar-refractivity contribution in [3.05, 3.63) is 72.1 Å². The maximum Gasteiger partial charge on any atom is 0.414 e. The topological polar surface area (TPSA) is 131 Å². The molecule has 1 aliphatic rings. The highest BCUT2D eigenvalue weighted by Crippen LogP contribution is 2.33. The highest BCUT2D eigenvalue weighted by Gasteiger charge is 2.30. The summed E-state index contributed by atoms with van der Waals surface area (Å²) in [5.74, 6) is -1.03. The van der Waals surface area contributed by atoms with Gasteiger partial charge in [-0.05, 0) is 37.0 Å². The molecule has 2 aromatic carbocycles. The summed E-state index contributed by atoms with van der Waals surface area (Å²) in [6.45, 7) is 1.76. The minimum Gasteiger partial charge on any atom is -0.480 e.